The van der Waals surface area contributed by atoms with Gasteiger partial charge in [0.15, 0.2) is 0 Å². The van der Waals surface area contributed by atoms with Gasteiger partial charge in [-0.05, 0) is 30.0 Å². The van der Waals surface area contributed by atoms with E-state index in [1.54, 1.807) is 17.5 Å². The number of benzene rings is 1. The number of thiophene rings is 1. The molecule has 0 bridgehead atoms. The van der Waals surface area contributed by atoms with Gasteiger partial charge in [-0.1, -0.05) is 11.6 Å². The highest BCUT2D eigenvalue weighted by Gasteiger charge is 2.14. The zero-order chi connectivity index (χ0) is 15.0. The molecule has 0 fully saturated rings. The largest absolute Gasteiger partial charge is 0.337 e. The number of aromatic amines is 1. The number of hydrogen-bond acceptors (Lipinski definition) is 4. The summed E-state index contributed by atoms with van der Waals surface area (Å²) < 4.78 is 0. The first-order valence-corrected chi connectivity index (χ1v) is 7.35. The molecular weight excluding hydrogens is 310 g/mol. The van der Waals surface area contributed by atoms with Crippen molar-refractivity contribution >= 4 is 28.6 Å². The molecule has 3 aromatic rings. The van der Waals surface area contributed by atoms with Gasteiger partial charge in [-0.15, -0.1) is 11.3 Å². The van der Waals surface area contributed by atoms with E-state index in [1.165, 1.54) is 23.8 Å². The summed E-state index contributed by atoms with van der Waals surface area (Å²) in [5.74, 6) is 0.518. The van der Waals surface area contributed by atoms with Crippen LogP contribution in [0.2, 0.25) is 5.02 Å². The monoisotopic (exact) mass is 319 g/mol. The zero-order valence-electron chi connectivity index (χ0n) is 11.0. The lowest BCUT2D eigenvalue weighted by molar-refractivity contribution is -0.384. The van der Waals surface area contributed by atoms with E-state index < -0.39 is 4.92 Å². The van der Waals surface area contributed by atoms with Crippen molar-refractivity contribution < 1.29 is 4.92 Å². The molecule has 0 amide bonds. The fraction of sp³-hybridized carbons (Fsp3) is 0.0714. The number of nitro benzene ring substituents is 1. The van der Waals surface area contributed by atoms with Gasteiger partial charge < -0.3 is 4.98 Å². The minimum Gasteiger partial charge on any atom is -0.337 e. The SMILES string of the molecule is Cc1csc(-c2cnc(-c3cc([N+](=O)[O-])ccc3Cl)[nH]2)c1. The number of nitrogens with one attached hydrogen (secondary N) is 1. The second-order valence-electron chi connectivity index (χ2n) is 4.56. The fourth-order valence-corrected chi connectivity index (χ4v) is 3.04. The average molecular weight is 320 g/mol. The lowest BCUT2D eigenvalue weighted by atomic mass is 10.2. The Morgan fingerprint density at radius 3 is 2.86 bits per heavy atom. The van der Waals surface area contributed by atoms with E-state index >= 15 is 0 Å². The highest BCUT2D eigenvalue weighted by molar-refractivity contribution is 7.13. The van der Waals surface area contributed by atoms with Crippen LogP contribution in [0.25, 0.3) is 22.0 Å². The maximum absolute atomic E-state index is 10.9. The van der Waals surface area contributed by atoms with Gasteiger partial charge in [0.05, 0.1) is 26.7 Å². The number of halogens is 1. The summed E-state index contributed by atoms with van der Waals surface area (Å²) in [5.41, 5.74) is 2.55. The molecule has 0 radical (unpaired) electrons. The van der Waals surface area contributed by atoms with Crippen molar-refractivity contribution in [3.8, 4) is 22.0 Å². The predicted octanol–water partition coefficient (Wildman–Crippen LogP) is 4.68. The molecule has 0 saturated carbocycles. The summed E-state index contributed by atoms with van der Waals surface area (Å²) in [6, 6.07) is 6.35. The minimum absolute atomic E-state index is 0.0145. The number of H-pyrrole nitrogens is 1. The number of hydrogen-bond donors (Lipinski definition) is 1. The molecule has 1 N–H and O–H groups in total. The number of aromatic nitrogens is 2. The number of aryl methyl sites for hydroxylation is 1. The maximum atomic E-state index is 10.9. The number of non-ortho nitro benzene ring substituents is 1. The highest BCUT2D eigenvalue weighted by Crippen LogP contribution is 2.32. The quantitative estimate of drug-likeness (QED) is 0.563. The van der Waals surface area contributed by atoms with Crippen LogP contribution in [0, 0.1) is 17.0 Å². The van der Waals surface area contributed by atoms with Crippen molar-refractivity contribution in [3.63, 3.8) is 0 Å². The van der Waals surface area contributed by atoms with Gasteiger partial charge in [0.2, 0.25) is 0 Å². The third-order valence-corrected chi connectivity index (χ3v) is 4.40. The smallest absolute Gasteiger partial charge is 0.270 e. The zero-order valence-corrected chi connectivity index (χ0v) is 12.5. The molecule has 5 nitrogen and oxygen atoms in total. The molecule has 0 aliphatic heterocycles. The summed E-state index contributed by atoms with van der Waals surface area (Å²) in [4.78, 5) is 18.9. The van der Waals surface area contributed by atoms with Crippen molar-refractivity contribution in [1.29, 1.82) is 0 Å². The van der Waals surface area contributed by atoms with Crippen molar-refractivity contribution in [2.24, 2.45) is 0 Å². The molecule has 0 unspecified atom stereocenters. The molecule has 0 aliphatic rings. The topological polar surface area (TPSA) is 71.8 Å². The van der Waals surface area contributed by atoms with Crippen LogP contribution in [0.1, 0.15) is 5.56 Å². The third kappa shape index (κ3) is 2.68. The van der Waals surface area contributed by atoms with Gasteiger partial charge in [0.1, 0.15) is 5.82 Å². The highest BCUT2D eigenvalue weighted by atomic mass is 35.5. The van der Waals surface area contributed by atoms with E-state index in [2.05, 4.69) is 21.4 Å². The average Bonchev–Trinajstić information content (AvgIpc) is 3.07. The van der Waals surface area contributed by atoms with Crippen LogP contribution in [-0.2, 0) is 0 Å². The summed E-state index contributed by atoms with van der Waals surface area (Å²) in [6.07, 6.45) is 1.70. The van der Waals surface area contributed by atoms with Crippen molar-refractivity contribution in [1.82, 2.24) is 9.97 Å². The number of imidazole rings is 1. The molecule has 0 aliphatic carbocycles. The van der Waals surface area contributed by atoms with Gasteiger partial charge >= 0.3 is 0 Å². The molecule has 21 heavy (non-hydrogen) atoms. The molecular formula is C14H10ClN3O2S. The standard InChI is InChI=1S/C14H10ClN3O2S/c1-8-4-13(21-7-8)12-6-16-14(17-12)10-5-9(18(19)20)2-3-11(10)15/h2-7H,1H3,(H,16,17). The Labute approximate surface area is 129 Å². The van der Waals surface area contributed by atoms with E-state index in [0.717, 1.165) is 10.6 Å². The lowest BCUT2D eigenvalue weighted by Gasteiger charge is -2.00. The van der Waals surface area contributed by atoms with Gasteiger partial charge in [0, 0.05) is 17.7 Å². The first kappa shape index (κ1) is 13.8. The van der Waals surface area contributed by atoms with E-state index in [0.29, 0.717) is 16.4 Å². The fourth-order valence-electron chi connectivity index (χ4n) is 1.96. The molecule has 0 spiro atoms. The Hall–Kier alpha value is -2.18. The van der Waals surface area contributed by atoms with Crippen molar-refractivity contribution in [3.05, 3.63) is 56.5 Å². The van der Waals surface area contributed by atoms with Gasteiger partial charge in [0.25, 0.3) is 5.69 Å². The van der Waals surface area contributed by atoms with E-state index in [1.807, 2.05) is 6.92 Å². The van der Waals surface area contributed by atoms with Gasteiger partial charge in [-0.3, -0.25) is 10.1 Å². The molecule has 0 saturated heterocycles. The lowest BCUT2D eigenvalue weighted by Crippen LogP contribution is -1.90. The first-order valence-electron chi connectivity index (χ1n) is 6.09. The molecule has 0 atom stereocenters. The molecule has 2 aromatic heterocycles. The Balaban J connectivity index is 2.03. The second kappa shape index (κ2) is 5.31. The summed E-state index contributed by atoms with van der Waals surface area (Å²) in [7, 11) is 0. The van der Waals surface area contributed by atoms with Crippen LogP contribution >= 0.6 is 22.9 Å². The van der Waals surface area contributed by atoms with Crippen LogP contribution in [-0.4, -0.2) is 14.9 Å². The van der Waals surface area contributed by atoms with Crippen LogP contribution in [0.3, 0.4) is 0 Å². The number of rotatable bonds is 3. The predicted molar refractivity (Wildman–Crippen MR) is 83.7 cm³/mol. The van der Waals surface area contributed by atoms with Crippen LogP contribution in [0.5, 0.6) is 0 Å². The van der Waals surface area contributed by atoms with Crippen molar-refractivity contribution in [2.45, 2.75) is 6.92 Å². The second-order valence-corrected chi connectivity index (χ2v) is 5.87. The van der Waals surface area contributed by atoms with Gasteiger partial charge in [-0.25, -0.2) is 4.98 Å². The van der Waals surface area contributed by atoms with Crippen LogP contribution < -0.4 is 0 Å². The summed E-state index contributed by atoms with van der Waals surface area (Å²) in [6.45, 7) is 2.02. The van der Waals surface area contributed by atoms with E-state index in [-0.39, 0.29) is 5.69 Å². The van der Waals surface area contributed by atoms with E-state index in [9.17, 15) is 10.1 Å². The van der Waals surface area contributed by atoms with Crippen molar-refractivity contribution in [2.75, 3.05) is 0 Å². The van der Waals surface area contributed by atoms with Crippen LogP contribution in [0.4, 0.5) is 5.69 Å². The van der Waals surface area contributed by atoms with E-state index in [4.69, 9.17) is 11.6 Å². The molecule has 7 heteroatoms. The normalized spacial score (nSPS) is 10.8. The molecule has 3 rings (SSSR count). The number of nitro groups is 1. The minimum atomic E-state index is -0.452. The summed E-state index contributed by atoms with van der Waals surface area (Å²) in [5, 5.41) is 13.3. The Kier molecular flexibility index (Phi) is 3.48. The summed E-state index contributed by atoms with van der Waals surface area (Å²) >= 11 is 7.73. The molecule has 2 heterocycles. The third-order valence-electron chi connectivity index (χ3n) is 2.99. The molecule has 1 aromatic carbocycles. The van der Waals surface area contributed by atoms with Crippen LogP contribution in [0.15, 0.2) is 35.8 Å². The molecule has 106 valence electrons. The Morgan fingerprint density at radius 2 is 2.19 bits per heavy atom. The Bertz CT molecular complexity index is 825. The number of nitrogens with zero attached hydrogens (tertiary/aromatic N) is 2. The Morgan fingerprint density at radius 1 is 1.38 bits per heavy atom. The first-order chi connectivity index (χ1) is 10.0. The maximum Gasteiger partial charge on any atom is 0.270 e. The van der Waals surface area contributed by atoms with Gasteiger partial charge in [-0.2, -0.15) is 0 Å².